The molecule has 0 bridgehead atoms. The Hall–Kier alpha value is -2.09. The lowest BCUT2D eigenvalue weighted by atomic mass is 10.3. The van der Waals surface area contributed by atoms with Gasteiger partial charge in [-0.2, -0.15) is 13.2 Å². The highest BCUT2D eigenvalue weighted by molar-refractivity contribution is 7.11. The SMILES string of the molecule is Cc1nc(C(F)(F)F)c(Cn2ccc3ccn(C)c3c2=O)s1. The molecule has 0 radical (unpaired) electrons. The fourth-order valence-electron chi connectivity index (χ4n) is 2.41. The first kappa shape index (κ1) is 14.8. The third-order valence-electron chi connectivity index (χ3n) is 3.39. The molecule has 8 heteroatoms. The van der Waals surface area contributed by atoms with E-state index in [9.17, 15) is 18.0 Å². The fourth-order valence-corrected chi connectivity index (χ4v) is 3.36. The lowest BCUT2D eigenvalue weighted by Gasteiger charge is -2.09. The number of alkyl halides is 3. The Balaban J connectivity index is 2.10. The summed E-state index contributed by atoms with van der Waals surface area (Å²) in [7, 11) is 1.73. The third kappa shape index (κ3) is 2.43. The quantitative estimate of drug-likeness (QED) is 0.725. The highest BCUT2D eigenvalue weighted by Gasteiger charge is 2.37. The Morgan fingerprint density at radius 3 is 2.64 bits per heavy atom. The summed E-state index contributed by atoms with van der Waals surface area (Å²) in [5, 5.41) is 1.09. The molecule has 0 saturated carbocycles. The second-order valence-electron chi connectivity index (χ2n) is 4.98. The summed E-state index contributed by atoms with van der Waals surface area (Å²) in [5.41, 5.74) is -0.754. The molecular weight excluding hydrogens is 315 g/mol. The summed E-state index contributed by atoms with van der Waals surface area (Å²) in [6.07, 6.45) is -1.26. The smallest absolute Gasteiger partial charge is 0.346 e. The van der Waals surface area contributed by atoms with E-state index in [0.717, 1.165) is 16.7 Å². The van der Waals surface area contributed by atoms with Crippen LogP contribution in [0, 0.1) is 6.92 Å². The Morgan fingerprint density at radius 1 is 1.27 bits per heavy atom. The third-order valence-corrected chi connectivity index (χ3v) is 4.34. The van der Waals surface area contributed by atoms with Gasteiger partial charge in [-0.05, 0) is 19.1 Å². The molecule has 22 heavy (non-hydrogen) atoms. The number of hydrogen-bond donors (Lipinski definition) is 0. The zero-order valence-corrected chi connectivity index (χ0v) is 12.6. The first-order chi connectivity index (χ1) is 10.3. The van der Waals surface area contributed by atoms with E-state index in [2.05, 4.69) is 4.98 Å². The Labute approximate surface area is 127 Å². The van der Waals surface area contributed by atoms with Crippen LogP contribution in [0.5, 0.6) is 0 Å². The van der Waals surface area contributed by atoms with E-state index in [1.165, 1.54) is 17.7 Å². The Bertz CT molecular complexity index is 904. The van der Waals surface area contributed by atoms with E-state index in [4.69, 9.17) is 0 Å². The van der Waals surface area contributed by atoms with Gasteiger partial charge in [-0.3, -0.25) is 4.79 Å². The number of fused-ring (bicyclic) bond motifs is 1. The Morgan fingerprint density at radius 2 is 1.95 bits per heavy atom. The van der Waals surface area contributed by atoms with Gasteiger partial charge in [0.15, 0.2) is 5.69 Å². The molecule has 3 aromatic heterocycles. The van der Waals surface area contributed by atoms with Gasteiger partial charge in [-0.1, -0.05) is 0 Å². The lowest BCUT2D eigenvalue weighted by Crippen LogP contribution is -2.22. The number of pyridine rings is 1. The van der Waals surface area contributed by atoms with Crippen LogP contribution in [-0.2, 0) is 19.8 Å². The van der Waals surface area contributed by atoms with Crippen molar-refractivity contribution < 1.29 is 13.2 Å². The van der Waals surface area contributed by atoms with Crippen LogP contribution in [0.3, 0.4) is 0 Å². The van der Waals surface area contributed by atoms with Gasteiger partial charge in [0.05, 0.1) is 16.4 Å². The van der Waals surface area contributed by atoms with Crippen LogP contribution < -0.4 is 5.56 Å². The molecule has 0 aliphatic heterocycles. The molecule has 0 saturated heterocycles. The van der Waals surface area contributed by atoms with Gasteiger partial charge in [-0.15, -0.1) is 11.3 Å². The first-order valence-corrected chi connectivity index (χ1v) is 7.27. The molecule has 116 valence electrons. The van der Waals surface area contributed by atoms with Crippen LogP contribution in [0.25, 0.3) is 10.9 Å². The van der Waals surface area contributed by atoms with Crippen molar-refractivity contribution >= 4 is 22.2 Å². The second-order valence-corrected chi connectivity index (χ2v) is 6.27. The maximum absolute atomic E-state index is 13.0. The molecule has 0 atom stereocenters. The van der Waals surface area contributed by atoms with Crippen molar-refractivity contribution in [3.05, 3.63) is 50.5 Å². The van der Waals surface area contributed by atoms with Crippen LogP contribution >= 0.6 is 11.3 Å². The van der Waals surface area contributed by atoms with E-state index >= 15 is 0 Å². The molecule has 0 unspecified atom stereocenters. The molecule has 0 aromatic carbocycles. The van der Waals surface area contributed by atoms with Gasteiger partial charge in [0.1, 0.15) is 5.52 Å². The zero-order chi connectivity index (χ0) is 16.1. The van der Waals surface area contributed by atoms with E-state index in [1.54, 1.807) is 29.9 Å². The molecule has 3 heterocycles. The van der Waals surface area contributed by atoms with E-state index in [1.807, 2.05) is 0 Å². The lowest BCUT2D eigenvalue weighted by molar-refractivity contribution is -0.141. The molecule has 4 nitrogen and oxygen atoms in total. The molecule has 0 aliphatic carbocycles. The van der Waals surface area contributed by atoms with Gasteiger partial charge in [0.2, 0.25) is 0 Å². The summed E-state index contributed by atoms with van der Waals surface area (Å²) >= 11 is 0.959. The van der Waals surface area contributed by atoms with Crippen molar-refractivity contribution in [2.75, 3.05) is 0 Å². The maximum Gasteiger partial charge on any atom is 0.434 e. The summed E-state index contributed by atoms with van der Waals surface area (Å²) in [6, 6.07) is 3.51. The fraction of sp³-hybridized carbons (Fsp3) is 0.286. The van der Waals surface area contributed by atoms with E-state index < -0.39 is 11.9 Å². The van der Waals surface area contributed by atoms with Gasteiger partial charge in [0, 0.05) is 24.8 Å². The summed E-state index contributed by atoms with van der Waals surface area (Å²) in [6.45, 7) is 1.38. The predicted octanol–water partition coefficient (Wildman–Crippen LogP) is 3.17. The molecule has 0 spiro atoms. The zero-order valence-electron chi connectivity index (χ0n) is 11.8. The van der Waals surface area contributed by atoms with Crippen molar-refractivity contribution in [2.24, 2.45) is 7.05 Å². The van der Waals surface area contributed by atoms with Crippen LogP contribution in [0.15, 0.2) is 29.3 Å². The van der Waals surface area contributed by atoms with Gasteiger partial charge >= 0.3 is 6.18 Å². The minimum Gasteiger partial charge on any atom is -0.346 e. The summed E-state index contributed by atoms with van der Waals surface area (Å²) in [4.78, 5) is 16.0. The number of hydrogen-bond acceptors (Lipinski definition) is 3. The van der Waals surface area contributed by atoms with Crippen LogP contribution in [-0.4, -0.2) is 14.1 Å². The first-order valence-electron chi connectivity index (χ1n) is 6.45. The molecule has 0 fully saturated rings. The minimum atomic E-state index is -4.52. The number of thiazole rings is 1. The number of rotatable bonds is 2. The molecular formula is C14H12F3N3OS. The largest absolute Gasteiger partial charge is 0.434 e. The van der Waals surface area contributed by atoms with Gasteiger partial charge in [0.25, 0.3) is 5.56 Å². The van der Waals surface area contributed by atoms with Gasteiger partial charge < -0.3 is 9.13 Å². The van der Waals surface area contributed by atoms with Crippen molar-refractivity contribution in [3.8, 4) is 0 Å². The highest BCUT2D eigenvalue weighted by Crippen LogP contribution is 2.34. The predicted molar refractivity (Wildman–Crippen MR) is 78.1 cm³/mol. The second kappa shape index (κ2) is 4.98. The standard InChI is InChI=1S/C14H12F3N3OS/c1-8-18-12(14(15,16)17)10(22-8)7-20-6-4-9-3-5-19(2)11(9)13(20)21/h3-6H,7H2,1-2H3. The number of aryl methyl sites for hydroxylation is 2. The number of nitrogens with zero attached hydrogens (tertiary/aromatic N) is 3. The minimum absolute atomic E-state index is 0.0423. The van der Waals surface area contributed by atoms with E-state index in [0.29, 0.717) is 10.5 Å². The van der Waals surface area contributed by atoms with Crippen LogP contribution in [0.4, 0.5) is 13.2 Å². The number of aromatic nitrogens is 3. The van der Waals surface area contributed by atoms with Crippen molar-refractivity contribution in [2.45, 2.75) is 19.6 Å². The summed E-state index contributed by atoms with van der Waals surface area (Å²) < 4.78 is 41.9. The molecule has 0 N–H and O–H groups in total. The molecule has 0 aliphatic rings. The number of halogens is 3. The molecule has 3 rings (SSSR count). The van der Waals surface area contributed by atoms with Crippen molar-refractivity contribution in [3.63, 3.8) is 0 Å². The Kier molecular flexibility index (Phi) is 3.36. The highest BCUT2D eigenvalue weighted by atomic mass is 32.1. The summed E-state index contributed by atoms with van der Waals surface area (Å²) in [5.74, 6) is 0. The monoisotopic (exact) mass is 327 g/mol. The van der Waals surface area contributed by atoms with Crippen molar-refractivity contribution in [1.82, 2.24) is 14.1 Å². The topological polar surface area (TPSA) is 39.8 Å². The average molecular weight is 327 g/mol. The average Bonchev–Trinajstić information content (AvgIpc) is 2.96. The van der Waals surface area contributed by atoms with Crippen molar-refractivity contribution in [1.29, 1.82) is 0 Å². The van der Waals surface area contributed by atoms with Crippen LogP contribution in [0.1, 0.15) is 15.6 Å². The van der Waals surface area contributed by atoms with E-state index in [-0.39, 0.29) is 17.0 Å². The maximum atomic E-state index is 13.0. The normalized spacial score (nSPS) is 12.2. The van der Waals surface area contributed by atoms with Gasteiger partial charge in [-0.25, -0.2) is 4.98 Å². The molecule has 3 aromatic rings. The molecule has 0 amide bonds. The van der Waals surface area contributed by atoms with Crippen LogP contribution in [0.2, 0.25) is 0 Å².